The van der Waals surface area contributed by atoms with Gasteiger partial charge < -0.3 is 19.7 Å². The number of pyridine rings is 1. The average Bonchev–Trinajstić information content (AvgIpc) is 2.87. The zero-order valence-electron chi connectivity index (χ0n) is 12.3. The molecular weight excluding hydrogens is 270 g/mol. The number of piperazine rings is 1. The Morgan fingerprint density at radius 1 is 1.38 bits per heavy atom. The van der Waals surface area contributed by atoms with Crippen LogP contribution in [-0.4, -0.2) is 50.8 Å². The van der Waals surface area contributed by atoms with Crippen LogP contribution in [0.4, 0.5) is 5.82 Å². The predicted octanol–water partition coefficient (Wildman–Crippen LogP) is 0.830. The molecule has 2 aliphatic heterocycles. The van der Waals surface area contributed by atoms with Crippen molar-refractivity contribution in [3.05, 3.63) is 23.4 Å². The van der Waals surface area contributed by atoms with Gasteiger partial charge in [0.15, 0.2) is 11.6 Å². The average molecular weight is 289 g/mol. The number of hydrogen-bond donors (Lipinski definition) is 1. The number of carbonyl (C=O) groups excluding carboxylic acids is 1. The molecule has 3 rings (SSSR count). The molecule has 1 saturated heterocycles. The fourth-order valence-corrected chi connectivity index (χ4v) is 2.64. The maximum atomic E-state index is 11.5. The summed E-state index contributed by atoms with van der Waals surface area (Å²) in [6.45, 7) is 5.79. The SMILES string of the molecule is COc1cc(C2=C(C)C(=O)OC2)cnc1N1CCNCC1. The number of carbonyl (C=O) groups is 1. The Hall–Kier alpha value is -2.08. The normalized spacial score (nSPS) is 19.0. The zero-order valence-corrected chi connectivity index (χ0v) is 12.3. The number of nitrogens with zero attached hydrogens (tertiary/aromatic N) is 2. The van der Waals surface area contributed by atoms with Crippen LogP contribution in [0.3, 0.4) is 0 Å². The van der Waals surface area contributed by atoms with Crippen molar-refractivity contribution in [1.82, 2.24) is 10.3 Å². The number of anilines is 1. The number of cyclic esters (lactones) is 1. The number of esters is 1. The summed E-state index contributed by atoms with van der Waals surface area (Å²) in [5.74, 6) is 1.33. The lowest BCUT2D eigenvalue weighted by atomic mass is 10.0. The van der Waals surface area contributed by atoms with E-state index in [0.717, 1.165) is 48.9 Å². The Morgan fingerprint density at radius 3 is 2.76 bits per heavy atom. The fraction of sp³-hybridized carbons (Fsp3) is 0.467. The van der Waals surface area contributed by atoms with Crippen LogP contribution in [0, 0.1) is 0 Å². The summed E-state index contributed by atoms with van der Waals surface area (Å²) >= 11 is 0. The topological polar surface area (TPSA) is 63.7 Å². The summed E-state index contributed by atoms with van der Waals surface area (Å²) in [6, 6.07) is 1.94. The van der Waals surface area contributed by atoms with Crippen molar-refractivity contribution >= 4 is 17.4 Å². The van der Waals surface area contributed by atoms with E-state index in [1.54, 1.807) is 20.2 Å². The van der Waals surface area contributed by atoms with E-state index in [1.165, 1.54) is 0 Å². The van der Waals surface area contributed by atoms with Gasteiger partial charge in [-0.2, -0.15) is 0 Å². The lowest BCUT2D eigenvalue weighted by molar-refractivity contribution is -0.135. The van der Waals surface area contributed by atoms with Gasteiger partial charge in [0, 0.05) is 49.1 Å². The lowest BCUT2D eigenvalue weighted by Crippen LogP contribution is -2.44. The molecular formula is C15H19N3O3. The summed E-state index contributed by atoms with van der Waals surface area (Å²) < 4.78 is 10.5. The van der Waals surface area contributed by atoms with Gasteiger partial charge in [-0.3, -0.25) is 0 Å². The molecule has 1 N–H and O–H groups in total. The smallest absolute Gasteiger partial charge is 0.334 e. The minimum Gasteiger partial charge on any atom is -0.493 e. The fourth-order valence-electron chi connectivity index (χ4n) is 2.64. The molecule has 0 atom stereocenters. The van der Waals surface area contributed by atoms with E-state index in [4.69, 9.17) is 9.47 Å². The molecule has 1 aromatic rings. The van der Waals surface area contributed by atoms with Gasteiger partial charge in [-0.15, -0.1) is 0 Å². The van der Waals surface area contributed by atoms with E-state index in [9.17, 15) is 4.79 Å². The van der Waals surface area contributed by atoms with Crippen LogP contribution < -0.4 is 15.0 Å². The summed E-state index contributed by atoms with van der Waals surface area (Å²) in [6.07, 6.45) is 1.79. The maximum Gasteiger partial charge on any atom is 0.334 e. The quantitative estimate of drug-likeness (QED) is 0.832. The zero-order chi connectivity index (χ0) is 14.8. The van der Waals surface area contributed by atoms with E-state index < -0.39 is 0 Å². The molecule has 3 heterocycles. The molecule has 6 nitrogen and oxygen atoms in total. The lowest BCUT2D eigenvalue weighted by Gasteiger charge is -2.29. The third kappa shape index (κ3) is 2.58. The molecule has 112 valence electrons. The third-order valence-electron chi connectivity index (χ3n) is 3.92. The number of ether oxygens (including phenoxy) is 2. The highest BCUT2D eigenvalue weighted by molar-refractivity contribution is 6.01. The maximum absolute atomic E-state index is 11.5. The van der Waals surface area contributed by atoms with Crippen molar-refractivity contribution in [2.45, 2.75) is 6.92 Å². The molecule has 0 aromatic carbocycles. The van der Waals surface area contributed by atoms with Crippen LogP contribution in [0.1, 0.15) is 12.5 Å². The Balaban J connectivity index is 1.94. The molecule has 0 aliphatic carbocycles. The first kappa shape index (κ1) is 13.9. The van der Waals surface area contributed by atoms with Gasteiger partial charge in [-0.1, -0.05) is 0 Å². The minimum absolute atomic E-state index is 0.254. The molecule has 21 heavy (non-hydrogen) atoms. The van der Waals surface area contributed by atoms with Gasteiger partial charge in [-0.25, -0.2) is 9.78 Å². The molecule has 6 heteroatoms. The molecule has 0 unspecified atom stereocenters. The van der Waals surface area contributed by atoms with Crippen molar-refractivity contribution in [2.24, 2.45) is 0 Å². The van der Waals surface area contributed by atoms with Gasteiger partial charge in [-0.05, 0) is 13.0 Å². The highest BCUT2D eigenvalue weighted by atomic mass is 16.5. The predicted molar refractivity (Wildman–Crippen MR) is 79.4 cm³/mol. The Morgan fingerprint density at radius 2 is 2.14 bits per heavy atom. The van der Waals surface area contributed by atoms with Gasteiger partial charge in [0.2, 0.25) is 0 Å². The molecule has 0 radical (unpaired) electrons. The van der Waals surface area contributed by atoms with Gasteiger partial charge in [0.1, 0.15) is 6.61 Å². The van der Waals surface area contributed by atoms with Gasteiger partial charge in [0.25, 0.3) is 0 Å². The van der Waals surface area contributed by atoms with Crippen molar-refractivity contribution in [3.63, 3.8) is 0 Å². The van der Waals surface area contributed by atoms with Gasteiger partial charge >= 0.3 is 5.97 Å². The van der Waals surface area contributed by atoms with Crippen LogP contribution in [0.15, 0.2) is 17.8 Å². The van der Waals surface area contributed by atoms with E-state index in [0.29, 0.717) is 12.2 Å². The highest BCUT2D eigenvalue weighted by Gasteiger charge is 2.24. The van der Waals surface area contributed by atoms with E-state index >= 15 is 0 Å². The summed E-state index contributed by atoms with van der Waals surface area (Å²) in [7, 11) is 1.64. The molecule has 0 spiro atoms. The van der Waals surface area contributed by atoms with Crippen LogP contribution >= 0.6 is 0 Å². The van der Waals surface area contributed by atoms with E-state index in [2.05, 4.69) is 15.2 Å². The first-order chi connectivity index (χ1) is 10.2. The first-order valence-electron chi connectivity index (χ1n) is 7.07. The first-order valence-corrected chi connectivity index (χ1v) is 7.07. The standard InChI is InChI=1S/C15H19N3O3/c1-10-12(9-21-15(10)19)11-7-13(20-2)14(17-8-11)18-5-3-16-4-6-18/h7-8,16H,3-6,9H2,1-2H3. The van der Waals surface area contributed by atoms with Crippen LogP contribution in [0.5, 0.6) is 5.75 Å². The monoisotopic (exact) mass is 289 g/mol. The van der Waals surface area contributed by atoms with E-state index in [1.807, 2.05) is 6.07 Å². The van der Waals surface area contributed by atoms with Crippen LogP contribution in [0.25, 0.3) is 5.57 Å². The second-order valence-corrected chi connectivity index (χ2v) is 5.17. The summed E-state index contributed by atoms with van der Waals surface area (Å²) in [5, 5.41) is 3.32. The molecule has 2 aliphatic rings. The number of nitrogens with one attached hydrogen (secondary N) is 1. The second-order valence-electron chi connectivity index (χ2n) is 5.17. The van der Waals surface area contributed by atoms with Crippen molar-refractivity contribution in [3.8, 4) is 5.75 Å². The van der Waals surface area contributed by atoms with Gasteiger partial charge in [0.05, 0.1) is 7.11 Å². The van der Waals surface area contributed by atoms with Crippen molar-refractivity contribution in [1.29, 1.82) is 0 Å². The molecule has 0 amide bonds. The van der Waals surface area contributed by atoms with Crippen LogP contribution in [-0.2, 0) is 9.53 Å². The Labute approximate surface area is 123 Å². The molecule has 0 bridgehead atoms. The number of methoxy groups -OCH3 is 1. The third-order valence-corrected chi connectivity index (χ3v) is 3.92. The highest BCUT2D eigenvalue weighted by Crippen LogP contribution is 2.32. The summed E-state index contributed by atoms with van der Waals surface area (Å²) in [4.78, 5) is 18.2. The van der Waals surface area contributed by atoms with Crippen molar-refractivity contribution < 1.29 is 14.3 Å². The van der Waals surface area contributed by atoms with Crippen molar-refractivity contribution in [2.75, 3.05) is 44.8 Å². The Kier molecular flexibility index (Phi) is 3.79. The number of hydrogen-bond acceptors (Lipinski definition) is 6. The van der Waals surface area contributed by atoms with E-state index in [-0.39, 0.29) is 5.97 Å². The number of rotatable bonds is 3. The molecule has 1 aromatic heterocycles. The summed E-state index contributed by atoms with van der Waals surface area (Å²) in [5.41, 5.74) is 2.42. The molecule has 1 fully saturated rings. The largest absolute Gasteiger partial charge is 0.493 e. The number of aromatic nitrogens is 1. The second kappa shape index (κ2) is 5.73. The molecule has 0 saturated carbocycles. The van der Waals surface area contributed by atoms with Crippen LogP contribution in [0.2, 0.25) is 0 Å². The minimum atomic E-state index is -0.254. The Bertz CT molecular complexity index is 592.